The first-order chi connectivity index (χ1) is 9.13. The van der Waals surface area contributed by atoms with Crippen molar-refractivity contribution in [3.05, 3.63) is 54.1 Å². The van der Waals surface area contributed by atoms with Crippen LogP contribution in [0.25, 0.3) is 11.1 Å². The van der Waals surface area contributed by atoms with E-state index < -0.39 is 5.97 Å². The normalized spacial score (nSPS) is 10.1. The maximum absolute atomic E-state index is 11.9. The van der Waals surface area contributed by atoms with Crippen molar-refractivity contribution < 1.29 is 8.62 Å². The highest BCUT2D eigenvalue weighted by molar-refractivity contribution is 9.06. The SMILES string of the molecule is CN(C)c1ccc(-c2ccccc2)c(C(=O)OBr)c1. The quantitative estimate of drug-likeness (QED) is 0.859. The van der Waals surface area contributed by atoms with Gasteiger partial charge < -0.3 is 8.73 Å². The Bertz CT molecular complexity index is 582. The van der Waals surface area contributed by atoms with E-state index in [2.05, 4.69) is 20.1 Å². The fourth-order valence-electron chi connectivity index (χ4n) is 1.89. The third-order valence-corrected chi connectivity index (χ3v) is 3.19. The van der Waals surface area contributed by atoms with Crippen LogP contribution < -0.4 is 4.90 Å². The topological polar surface area (TPSA) is 29.5 Å². The highest BCUT2D eigenvalue weighted by Gasteiger charge is 2.15. The first-order valence-corrected chi connectivity index (χ1v) is 6.48. The summed E-state index contributed by atoms with van der Waals surface area (Å²) in [4.78, 5) is 13.8. The Balaban J connectivity index is 2.57. The second kappa shape index (κ2) is 5.89. The van der Waals surface area contributed by atoms with Gasteiger partial charge in [0, 0.05) is 19.8 Å². The van der Waals surface area contributed by atoms with Crippen molar-refractivity contribution >= 4 is 27.9 Å². The van der Waals surface area contributed by atoms with E-state index in [0.717, 1.165) is 16.8 Å². The van der Waals surface area contributed by atoms with Gasteiger partial charge >= 0.3 is 5.97 Å². The van der Waals surface area contributed by atoms with Gasteiger partial charge in [0.15, 0.2) is 16.3 Å². The molecule has 4 heteroatoms. The number of carbonyl (C=O) groups excluding carboxylic acids is 1. The summed E-state index contributed by atoms with van der Waals surface area (Å²) in [7, 11) is 3.86. The maximum atomic E-state index is 11.9. The molecule has 0 N–H and O–H groups in total. The first-order valence-electron chi connectivity index (χ1n) is 5.83. The molecule has 0 heterocycles. The van der Waals surface area contributed by atoms with Gasteiger partial charge in [-0.3, -0.25) is 0 Å². The fraction of sp³-hybridized carbons (Fsp3) is 0.133. The van der Waals surface area contributed by atoms with Gasteiger partial charge in [0.25, 0.3) is 0 Å². The van der Waals surface area contributed by atoms with Crippen LogP contribution in [-0.2, 0) is 3.83 Å². The summed E-state index contributed by atoms with van der Waals surface area (Å²) in [6.07, 6.45) is 0. The fourth-order valence-corrected chi connectivity index (χ4v) is 2.06. The Morgan fingerprint density at radius 1 is 1.11 bits per heavy atom. The molecule has 0 saturated carbocycles. The second-order valence-corrected chi connectivity index (χ2v) is 4.68. The van der Waals surface area contributed by atoms with Crippen LogP contribution in [-0.4, -0.2) is 20.1 Å². The van der Waals surface area contributed by atoms with Gasteiger partial charge in [-0.25, -0.2) is 4.79 Å². The monoisotopic (exact) mass is 319 g/mol. The minimum Gasteiger partial charge on any atom is -0.380 e. The number of nitrogens with zero attached hydrogens (tertiary/aromatic N) is 1. The molecule has 2 aromatic carbocycles. The molecule has 0 aliphatic heterocycles. The summed E-state index contributed by atoms with van der Waals surface area (Å²) in [5, 5.41) is 0. The smallest absolute Gasteiger partial charge is 0.350 e. The van der Waals surface area contributed by atoms with Gasteiger partial charge in [0.1, 0.15) is 0 Å². The van der Waals surface area contributed by atoms with Crippen molar-refractivity contribution in [1.29, 1.82) is 0 Å². The Morgan fingerprint density at radius 3 is 2.37 bits per heavy atom. The van der Waals surface area contributed by atoms with Crippen molar-refractivity contribution in [1.82, 2.24) is 0 Å². The zero-order chi connectivity index (χ0) is 13.8. The van der Waals surface area contributed by atoms with E-state index in [1.807, 2.05) is 67.5 Å². The lowest BCUT2D eigenvalue weighted by atomic mass is 9.99. The average molecular weight is 320 g/mol. The summed E-state index contributed by atoms with van der Waals surface area (Å²) >= 11 is 2.76. The van der Waals surface area contributed by atoms with Crippen molar-refractivity contribution in [2.45, 2.75) is 0 Å². The molecule has 0 aliphatic carbocycles. The standard InChI is InChI=1S/C15H14BrNO2/c1-17(2)12-8-9-13(11-6-4-3-5-7-11)14(10-12)15(18)19-16/h3-10H,1-2H3. The lowest BCUT2D eigenvalue weighted by Crippen LogP contribution is -2.10. The Kier molecular flexibility index (Phi) is 4.22. The van der Waals surface area contributed by atoms with Crippen LogP contribution in [0.4, 0.5) is 5.69 Å². The average Bonchev–Trinajstić information content (AvgIpc) is 2.46. The summed E-state index contributed by atoms with van der Waals surface area (Å²) in [5.41, 5.74) is 3.33. The molecule has 0 atom stereocenters. The molecular weight excluding hydrogens is 306 g/mol. The number of benzene rings is 2. The number of rotatable bonds is 3. The van der Waals surface area contributed by atoms with Crippen LogP contribution in [0, 0.1) is 0 Å². The summed E-state index contributed by atoms with van der Waals surface area (Å²) in [6, 6.07) is 15.5. The van der Waals surface area contributed by atoms with E-state index in [4.69, 9.17) is 0 Å². The molecule has 0 aromatic heterocycles. The van der Waals surface area contributed by atoms with Crippen LogP contribution >= 0.6 is 16.3 Å². The van der Waals surface area contributed by atoms with E-state index in [1.165, 1.54) is 0 Å². The molecule has 0 amide bonds. The van der Waals surface area contributed by atoms with Crippen LogP contribution in [0.3, 0.4) is 0 Å². The predicted octanol–water partition coefficient (Wildman–Crippen LogP) is 3.89. The molecule has 0 fully saturated rings. The molecule has 2 aromatic rings. The van der Waals surface area contributed by atoms with Gasteiger partial charge in [-0.15, -0.1) is 0 Å². The number of carbonyl (C=O) groups is 1. The van der Waals surface area contributed by atoms with Crippen LogP contribution in [0.15, 0.2) is 48.5 Å². The van der Waals surface area contributed by atoms with Crippen LogP contribution in [0.5, 0.6) is 0 Å². The van der Waals surface area contributed by atoms with Gasteiger partial charge in [0.05, 0.1) is 5.56 Å². The summed E-state index contributed by atoms with van der Waals surface area (Å²) in [6.45, 7) is 0. The van der Waals surface area contributed by atoms with Gasteiger partial charge in [-0.05, 0) is 23.3 Å². The second-order valence-electron chi connectivity index (χ2n) is 4.35. The lowest BCUT2D eigenvalue weighted by Gasteiger charge is -2.15. The Hall–Kier alpha value is -1.81. The third kappa shape index (κ3) is 2.96. The molecule has 2 rings (SSSR count). The van der Waals surface area contributed by atoms with Crippen molar-refractivity contribution in [2.75, 3.05) is 19.0 Å². The van der Waals surface area contributed by atoms with Crippen molar-refractivity contribution in [2.24, 2.45) is 0 Å². The van der Waals surface area contributed by atoms with Crippen LogP contribution in [0.2, 0.25) is 0 Å². The molecule has 98 valence electrons. The molecule has 19 heavy (non-hydrogen) atoms. The first kappa shape index (κ1) is 13.6. The zero-order valence-electron chi connectivity index (χ0n) is 10.8. The molecule has 0 bridgehead atoms. The highest BCUT2D eigenvalue weighted by Crippen LogP contribution is 2.28. The van der Waals surface area contributed by atoms with Crippen molar-refractivity contribution in [3.8, 4) is 11.1 Å². The minimum absolute atomic E-state index is 0.400. The van der Waals surface area contributed by atoms with Gasteiger partial charge in [-0.1, -0.05) is 36.4 Å². The molecule has 0 aliphatic rings. The zero-order valence-corrected chi connectivity index (χ0v) is 12.3. The molecule has 0 spiro atoms. The highest BCUT2D eigenvalue weighted by atomic mass is 79.9. The molecule has 0 radical (unpaired) electrons. The van der Waals surface area contributed by atoms with E-state index in [-0.39, 0.29) is 0 Å². The maximum Gasteiger partial charge on any atom is 0.350 e. The summed E-state index contributed by atoms with van der Waals surface area (Å²) in [5.74, 6) is -0.400. The van der Waals surface area contributed by atoms with Gasteiger partial charge in [0.2, 0.25) is 0 Å². The van der Waals surface area contributed by atoms with E-state index in [9.17, 15) is 4.79 Å². The Labute approximate surface area is 121 Å². The number of hydrogen-bond donors (Lipinski definition) is 0. The van der Waals surface area contributed by atoms with Crippen LogP contribution in [0.1, 0.15) is 10.4 Å². The summed E-state index contributed by atoms with van der Waals surface area (Å²) < 4.78 is 4.69. The molecule has 3 nitrogen and oxygen atoms in total. The van der Waals surface area contributed by atoms with E-state index in [1.54, 1.807) is 0 Å². The predicted molar refractivity (Wildman–Crippen MR) is 80.5 cm³/mol. The third-order valence-electron chi connectivity index (χ3n) is 2.89. The molecule has 0 unspecified atom stereocenters. The number of halogens is 1. The number of anilines is 1. The molecule has 0 saturated heterocycles. The van der Waals surface area contributed by atoms with E-state index >= 15 is 0 Å². The van der Waals surface area contributed by atoms with E-state index in [0.29, 0.717) is 5.56 Å². The van der Waals surface area contributed by atoms with Gasteiger partial charge in [-0.2, -0.15) is 0 Å². The Morgan fingerprint density at radius 2 is 1.79 bits per heavy atom. The van der Waals surface area contributed by atoms with Crippen molar-refractivity contribution in [3.63, 3.8) is 0 Å². The largest absolute Gasteiger partial charge is 0.380 e. The minimum atomic E-state index is -0.400. The molecular formula is C15H14BrNO2. The lowest BCUT2D eigenvalue weighted by molar-refractivity contribution is 0.0782. The number of hydrogen-bond acceptors (Lipinski definition) is 3.